The second-order valence-electron chi connectivity index (χ2n) is 4.35. The number of carbonyl (C=O) groups is 1. The van der Waals surface area contributed by atoms with Crippen molar-refractivity contribution in [1.29, 1.82) is 0 Å². The van der Waals surface area contributed by atoms with Gasteiger partial charge < -0.3 is 14.6 Å². The van der Waals surface area contributed by atoms with Crippen molar-refractivity contribution in [3.05, 3.63) is 29.8 Å². The molecule has 1 aromatic rings. The standard InChI is InChI=1S/C13H19NO6S/c1-19-9-11(8-15)14-21(17,18)12-5-3-10(4-6-12)7-13(16)20-2/h3-6,11,14-15H,7-9H2,1-2H3. The van der Waals surface area contributed by atoms with Crippen LogP contribution >= 0.6 is 0 Å². The second kappa shape index (κ2) is 8.08. The summed E-state index contributed by atoms with van der Waals surface area (Å²) in [5.74, 6) is -0.399. The zero-order valence-electron chi connectivity index (χ0n) is 11.9. The van der Waals surface area contributed by atoms with Crippen molar-refractivity contribution in [1.82, 2.24) is 4.72 Å². The van der Waals surface area contributed by atoms with Crippen LogP contribution in [0.2, 0.25) is 0 Å². The summed E-state index contributed by atoms with van der Waals surface area (Å²) in [6.07, 6.45) is 0.0766. The maximum Gasteiger partial charge on any atom is 0.309 e. The van der Waals surface area contributed by atoms with E-state index < -0.39 is 22.0 Å². The molecule has 0 radical (unpaired) electrons. The molecule has 0 heterocycles. The van der Waals surface area contributed by atoms with Gasteiger partial charge in [0.2, 0.25) is 10.0 Å². The molecule has 1 aromatic carbocycles. The number of aliphatic hydroxyl groups excluding tert-OH is 1. The van der Waals surface area contributed by atoms with E-state index in [0.717, 1.165) is 0 Å². The molecule has 0 saturated carbocycles. The van der Waals surface area contributed by atoms with Gasteiger partial charge in [-0.05, 0) is 17.7 Å². The molecule has 0 aromatic heterocycles. The van der Waals surface area contributed by atoms with Gasteiger partial charge in [0, 0.05) is 7.11 Å². The van der Waals surface area contributed by atoms with E-state index in [0.29, 0.717) is 5.56 Å². The molecule has 0 bridgehead atoms. The van der Waals surface area contributed by atoms with Crippen molar-refractivity contribution in [2.75, 3.05) is 27.4 Å². The molecule has 0 fully saturated rings. The van der Waals surface area contributed by atoms with E-state index in [9.17, 15) is 13.2 Å². The van der Waals surface area contributed by atoms with Gasteiger partial charge >= 0.3 is 5.97 Å². The van der Waals surface area contributed by atoms with E-state index >= 15 is 0 Å². The molecule has 0 saturated heterocycles. The Bertz CT molecular complexity index is 555. The molecule has 0 aliphatic heterocycles. The average molecular weight is 317 g/mol. The zero-order valence-corrected chi connectivity index (χ0v) is 12.7. The lowest BCUT2D eigenvalue weighted by molar-refractivity contribution is -0.139. The summed E-state index contributed by atoms with van der Waals surface area (Å²) in [5, 5.41) is 9.08. The summed E-state index contributed by atoms with van der Waals surface area (Å²) < 4.78 is 35.9. The van der Waals surface area contributed by atoms with Crippen molar-refractivity contribution in [2.45, 2.75) is 17.4 Å². The Morgan fingerprint density at radius 3 is 2.38 bits per heavy atom. The van der Waals surface area contributed by atoms with Crippen LogP contribution in [0.25, 0.3) is 0 Å². The zero-order chi connectivity index (χ0) is 15.9. The number of aliphatic hydroxyl groups is 1. The van der Waals surface area contributed by atoms with Gasteiger partial charge in [-0.25, -0.2) is 13.1 Å². The normalized spacial score (nSPS) is 12.9. The first-order valence-corrected chi connectivity index (χ1v) is 7.69. The lowest BCUT2D eigenvalue weighted by Crippen LogP contribution is -2.40. The van der Waals surface area contributed by atoms with Crippen LogP contribution in [0, 0.1) is 0 Å². The second-order valence-corrected chi connectivity index (χ2v) is 6.07. The number of hydrogen-bond acceptors (Lipinski definition) is 6. The van der Waals surface area contributed by atoms with Gasteiger partial charge in [0.25, 0.3) is 0 Å². The molecule has 0 spiro atoms. The fourth-order valence-electron chi connectivity index (χ4n) is 1.64. The van der Waals surface area contributed by atoms with E-state index in [-0.39, 0.29) is 24.5 Å². The summed E-state index contributed by atoms with van der Waals surface area (Å²) >= 11 is 0. The molecule has 118 valence electrons. The van der Waals surface area contributed by atoms with Crippen LogP contribution in [0.1, 0.15) is 5.56 Å². The minimum absolute atomic E-state index is 0.0469. The number of nitrogens with one attached hydrogen (secondary N) is 1. The quantitative estimate of drug-likeness (QED) is 0.638. The molecule has 21 heavy (non-hydrogen) atoms. The van der Waals surface area contributed by atoms with Crippen LogP contribution in [-0.4, -0.2) is 53.0 Å². The smallest absolute Gasteiger partial charge is 0.309 e. The minimum Gasteiger partial charge on any atom is -0.469 e. The molecule has 7 nitrogen and oxygen atoms in total. The number of rotatable bonds is 8. The van der Waals surface area contributed by atoms with Crippen molar-refractivity contribution in [3.8, 4) is 0 Å². The molecule has 8 heteroatoms. The summed E-state index contributed by atoms with van der Waals surface area (Å²) in [6, 6.07) is 5.14. The summed E-state index contributed by atoms with van der Waals surface area (Å²) in [6.45, 7) is -0.302. The van der Waals surface area contributed by atoms with Gasteiger partial charge in [0.05, 0.1) is 37.7 Å². The van der Waals surface area contributed by atoms with Gasteiger partial charge in [-0.3, -0.25) is 4.79 Å². The molecule has 1 unspecified atom stereocenters. The lowest BCUT2D eigenvalue weighted by Gasteiger charge is -2.15. The average Bonchev–Trinajstić information content (AvgIpc) is 2.47. The molecule has 0 aliphatic rings. The Hall–Kier alpha value is -1.48. The summed E-state index contributed by atoms with van der Waals surface area (Å²) in [5.41, 5.74) is 0.649. The SMILES string of the molecule is COCC(CO)NS(=O)(=O)c1ccc(CC(=O)OC)cc1. The molecular weight excluding hydrogens is 298 g/mol. The van der Waals surface area contributed by atoms with Gasteiger partial charge in [0.15, 0.2) is 0 Å². The van der Waals surface area contributed by atoms with Gasteiger partial charge in [-0.2, -0.15) is 0 Å². The highest BCUT2D eigenvalue weighted by atomic mass is 32.2. The van der Waals surface area contributed by atoms with Crippen molar-refractivity contribution >= 4 is 16.0 Å². The van der Waals surface area contributed by atoms with Crippen LogP contribution in [0.15, 0.2) is 29.2 Å². The fourth-order valence-corrected chi connectivity index (χ4v) is 2.85. The Kier molecular flexibility index (Phi) is 6.76. The third kappa shape index (κ3) is 5.43. The topological polar surface area (TPSA) is 102 Å². The Morgan fingerprint density at radius 2 is 1.90 bits per heavy atom. The minimum atomic E-state index is -3.75. The monoisotopic (exact) mass is 317 g/mol. The Balaban J connectivity index is 2.82. The van der Waals surface area contributed by atoms with Crippen LogP contribution < -0.4 is 4.72 Å². The number of hydrogen-bond donors (Lipinski definition) is 2. The first-order chi connectivity index (χ1) is 9.92. The van der Waals surface area contributed by atoms with Crippen LogP contribution in [-0.2, 0) is 30.7 Å². The highest BCUT2D eigenvalue weighted by Crippen LogP contribution is 2.12. The van der Waals surface area contributed by atoms with Gasteiger partial charge in [-0.15, -0.1) is 0 Å². The molecule has 0 amide bonds. The number of methoxy groups -OCH3 is 2. The number of sulfonamides is 1. The van der Waals surface area contributed by atoms with Crippen molar-refractivity contribution in [2.24, 2.45) is 0 Å². The third-order valence-electron chi connectivity index (χ3n) is 2.72. The Morgan fingerprint density at radius 1 is 1.29 bits per heavy atom. The van der Waals surface area contributed by atoms with E-state index in [1.54, 1.807) is 0 Å². The maximum atomic E-state index is 12.1. The van der Waals surface area contributed by atoms with Crippen molar-refractivity contribution in [3.63, 3.8) is 0 Å². The first kappa shape index (κ1) is 17.6. The molecule has 0 aliphatic carbocycles. The Labute approximate surface area is 123 Å². The first-order valence-electron chi connectivity index (χ1n) is 6.20. The highest BCUT2D eigenvalue weighted by Gasteiger charge is 2.19. The molecule has 1 atom stereocenters. The maximum absolute atomic E-state index is 12.1. The van der Waals surface area contributed by atoms with Gasteiger partial charge in [0.1, 0.15) is 0 Å². The van der Waals surface area contributed by atoms with Crippen LogP contribution in [0.4, 0.5) is 0 Å². The van der Waals surface area contributed by atoms with Gasteiger partial charge in [-0.1, -0.05) is 12.1 Å². The van der Waals surface area contributed by atoms with E-state index in [2.05, 4.69) is 9.46 Å². The van der Waals surface area contributed by atoms with Crippen molar-refractivity contribution < 1.29 is 27.8 Å². The van der Waals surface area contributed by atoms with E-state index in [4.69, 9.17) is 9.84 Å². The van der Waals surface area contributed by atoms with Crippen LogP contribution in [0.3, 0.4) is 0 Å². The fraction of sp³-hybridized carbons (Fsp3) is 0.462. The summed E-state index contributed by atoms with van der Waals surface area (Å²) in [4.78, 5) is 11.2. The third-order valence-corrected chi connectivity index (χ3v) is 4.26. The lowest BCUT2D eigenvalue weighted by atomic mass is 10.2. The van der Waals surface area contributed by atoms with Crippen LogP contribution in [0.5, 0.6) is 0 Å². The highest BCUT2D eigenvalue weighted by molar-refractivity contribution is 7.89. The number of benzene rings is 1. The largest absolute Gasteiger partial charge is 0.469 e. The molecule has 1 rings (SSSR count). The number of ether oxygens (including phenoxy) is 2. The number of esters is 1. The van der Waals surface area contributed by atoms with E-state index in [1.807, 2.05) is 0 Å². The molecule has 2 N–H and O–H groups in total. The summed E-state index contributed by atoms with van der Waals surface area (Å²) in [7, 11) is -1.05. The number of carbonyl (C=O) groups excluding carboxylic acids is 1. The predicted octanol–water partition coefficient (Wildman–Crippen LogP) is -0.312. The van der Waals surface area contributed by atoms with E-state index in [1.165, 1.54) is 38.5 Å². The molecular formula is C13H19NO6S. The predicted molar refractivity (Wildman–Crippen MR) is 75.2 cm³/mol.